The Balaban J connectivity index is 2.22. The quantitative estimate of drug-likeness (QED) is 0.886. The first kappa shape index (κ1) is 13.7. The molecule has 1 aromatic carbocycles. The van der Waals surface area contributed by atoms with E-state index in [4.69, 9.17) is 11.6 Å². The van der Waals surface area contributed by atoms with Crippen LogP contribution in [-0.4, -0.2) is 10.2 Å². The van der Waals surface area contributed by atoms with Gasteiger partial charge in [-0.25, -0.2) is 0 Å². The highest BCUT2D eigenvalue weighted by atomic mass is 35.5. The van der Waals surface area contributed by atoms with E-state index in [1.54, 1.807) is 12.3 Å². The van der Waals surface area contributed by atoms with Gasteiger partial charge in [-0.3, -0.25) is 5.10 Å². The number of alkyl halides is 3. The van der Waals surface area contributed by atoms with Crippen LogP contribution in [0.2, 0.25) is 5.02 Å². The lowest BCUT2D eigenvalue weighted by Crippen LogP contribution is -2.10. The summed E-state index contributed by atoms with van der Waals surface area (Å²) >= 11 is 5.55. The molecule has 19 heavy (non-hydrogen) atoms. The maximum atomic E-state index is 12.7. The molecule has 0 spiro atoms. The Hall–Kier alpha value is -1.69. The fourth-order valence-electron chi connectivity index (χ4n) is 1.67. The Morgan fingerprint density at radius 1 is 1.32 bits per heavy atom. The SMILES string of the molecule is CC(Nc1ccc(Cl)c(C(F)(F)F)c1)c1ccn[nH]1. The molecule has 0 aliphatic heterocycles. The average molecular weight is 290 g/mol. The van der Waals surface area contributed by atoms with Crippen LogP contribution in [0.1, 0.15) is 24.2 Å². The van der Waals surface area contributed by atoms with Crippen LogP contribution in [0.25, 0.3) is 0 Å². The summed E-state index contributed by atoms with van der Waals surface area (Å²) in [6, 6.07) is 5.29. The van der Waals surface area contributed by atoms with E-state index in [0.717, 1.165) is 11.8 Å². The smallest absolute Gasteiger partial charge is 0.377 e. The summed E-state index contributed by atoms with van der Waals surface area (Å²) in [7, 11) is 0. The second kappa shape index (κ2) is 5.13. The Morgan fingerprint density at radius 3 is 2.63 bits per heavy atom. The van der Waals surface area contributed by atoms with Crippen molar-refractivity contribution in [3.05, 3.63) is 46.7 Å². The fourth-order valence-corrected chi connectivity index (χ4v) is 1.89. The molecule has 2 aromatic rings. The summed E-state index contributed by atoms with van der Waals surface area (Å²) in [5, 5.41) is 9.18. The lowest BCUT2D eigenvalue weighted by molar-refractivity contribution is -0.137. The molecule has 1 atom stereocenters. The highest BCUT2D eigenvalue weighted by molar-refractivity contribution is 6.31. The van der Waals surface area contributed by atoms with Crippen LogP contribution in [0.15, 0.2) is 30.5 Å². The minimum Gasteiger partial charge on any atom is -0.377 e. The van der Waals surface area contributed by atoms with Gasteiger partial charge in [-0.1, -0.05) is 11.6 Å². The Bertz CT molecular complexity index is 552. The number of benzene rings is 1. The van der Waals surface area contributed by atoms with Crippen LogP contribution in [-0.2, 0) is 6.18 Å². The predicted octanol–water partition coefficient (Wildman–Crippen LogP) is 4.26. The lowest BCUT2D eigenvalue weighted by Gasteiger charge is -2.16. The first-order chi connectivity index (χ1) is 8.88. The number of nitrogens with zero attached hydrogens (tertiary/aromatic N) is 1. The van der Waals surface area contributed by atoms with Gasteiger partial charge in [0.05, 0.1) is 22.3 Å². The minimum atomic E-state index is -4.47. The molecule has 1 unspecified atom stereocenters. The van der Waals surface area contributed by atoms with Gasteiger partial charge in [-0.05, 0) is 31.2 Å². The van der Waals surface area contributed by atoms with Crippen molar-refractivity contribution in [3.63, 3.8) is 0 Å². The van der Waals surface area contributed by atoms with Gasteiger partial charge in [0.15, 0.2) is 0 Å². The molecular weight excluding hydrogens is 279 g/mol. The van der Waals surface area contributed by atoms with E-state index in [1.807, 2.05) is 6.92 Å². The van der Waals surface area contributed by atoms with E-state index in [0.29, 0.717) is 5.69 Å². The minimum absolute atomic E-state index is 0.190. The average Bonchev–Trinajstić information content (AvgIpc) is 2.83. The number of rotatable bonds is 3. The highest BCUT2D eigenvalue weighted by Gasteiger charge is 2.33. The van der Waals surface area contributed by atoms with E-state index in [2.05, 4.69) is 15.5 Å². The van der Waals surface area contributed by atoms with Crippen molar-refractivity contribution in [2.75, 3.05) is 5.32 Å². The standard InChI is InChI=1S/C12H11ClF3N3/c1-7(11-4-5-17-19-11)18-8-2-3-10(13)9(6-8)12(14,15)16/h2-7,18H,1H3,(H,17,19). The summed E-state index contributed by atoms with van der Waals surface area (Å²) in [5.74, 6) is 0. The molecule has 0 saturated carbocycles. The van der Waals surface area contributed by atoms with Crippen LogP contribution >= 0.6 is 11.6 Å². The zero-order chi connectivity index (χ0) is 14.0. The van der Waals surface area contributed by atoms with Gasteiger partial charge < -0.3 is 5.32 Å². The van der Waals surface area contributed by atoms with Crippen LogP contribution in [0, 0.1) is 0 Å². The van der Waals surface area contributed by atoms with Crippen LogP contribution in [0.3, 0.4) is 0 Å². The number of aromatic amines is 1. The third-order valence-electron chi connectivity index (χ3n) is 2.64. The lowest BCUT2D eigenvalue weighted by atomic mass is 10.1. The molecule has 3 nitrogen and oxygen atoms in total. The van der Waals surface area contributed by atoms with E-state index in [1.165, 1.54) is 12.1 Å². The molecule has 1 heterocycles. The molecule has 2 rings (SSSR count). The zero-order valence-corrected chi connectivity index (χ0v) is 10.7. The number of hydrogen-bond acceptors (Lipinski definition) is 2. The topological polar surface area (TPSA) is 40.7 Å². The van der Waals surface area contributed by atoms with Crippen molar-refractivity contribution >= 4 is 17.3 Å². The molecular formula is C12H11ClF3N3. The van der Waals surface area contributed by atoms with Crippen LogP contribution < -0.4 is 5.32 Å². The van der Waals surface area contributed by atoms with E-state index >= 15 is 0 Å². The molecule has 0 bridgehead atoms. The van der Waals surface area contributed by atoms with E-state index < -0.39 is 11.7 Å². The number of H-pyrrole nitrogens is 1. The molecule has 2 N–H and O–H groups in total. The Labute approximate surface area is 112 Å². The third kappa shape index (κ3) is 3.20. The third-order valence-corrected chi connectivity index (χ3v) is 2.97. The van der Waals surface area contributed by atoms with Crippen LogP contribution in [0.5, 0.6) is 0 Å². The van der Waals surface area contributed by atoms with Gasteiger partial charge in [0.1, 0.15) is 0 Å². The van der Waals surface area contributed by atoms with Gasteiger partial charge in [0.25, 0.3) is 0 Å². The molecule has 1 aromatic heterocycles. The predicted molar refractivity (Wildman–Crippen MR) is 67.1 cm³/mol. The molecule has 0 amide bonds. The second-order valence-corrected chi connectivity index (χ2v) is 4.48. The summed E-state index contributed by atoms with van der Waals surface area (Å²) in [6.45, 7) is 1.81. The number of anilines is 1. The van der Waals surface area contributed by atoms with Gasteiger partial charge in [-0.2, -0.15) is 18.3 Å². The summed E-state index contributed by atoms with van der Waals surface area (Å²) in [5.41, 5.74) is 0.276. The summed E-state index contributed by atoms with van der Waals surface area (Å²) in [6.07, 6.45) is -2.89. The van der Waals surface area contributed by atoms with E-state index in [9.17, 15) is 13.2 Å². The number of halogens is 4. The normalized spacial score (nSPS) is 13.3. The van der Waals surface area contributed by atoms with Gasteiger partial charge >= 0.3 is 6.18 Å². The van der Waals surface area contributed by atoms with Gasteiger partial charge in [0.2, 0.25) is 0 Å². The van der Waals surface area contributed by atoms with Crippen molar-refractivity contribution < 1.29 is 13.2 Å². The highest BCUT2D eigenvalue weighted by Crippen LogP contribution is 2.36. The zero-order valence-electron chi connectivity index (χ0n) is 9.92. The molecule has 0 aliphatic rings. The fraction of sp³-hybridized carbons (Fsp3) is 0.250. The number of hydrogen-bond donors (Lipinski definition) is 2. The van der Waals surface area contributed by atoms with Crippen molar-refractivity contribution in [2.24, 2.45) is 0 Å². The number of aromatic nitrogens is 2. The van der Waals surface area contributed by atoms with Crippen molar-refractivity contribution in [1.82, 2.24) is 10.2 Å². The maximum Gasteiger partial charge on any atom is 0.417 e. The monoisotopic (exact) mass is 289 g/mol. The van der Waals surface area contributed by atoms with Gasteiger partial charge in [0, 0.05) is 11.9 Å². The molecule has 102 valence electrons. The summed E-state index contributed by atoms with van der Waals surface area (Å²) < 4.78 is 38.1. The number of nitrogens with one attached hydrogen (secondary N) is 2. The first-order valence-electron chi connectivity index (χ1n) is 5.50. The molecule has 0 fully saturated rings. The molecule has 0 saturated heterocycles. The first-order valence-corrected chi connectivity index (χ1v) is 5.88. The maximum absolute atomic E-state index is 12.7. The molecule has 0 radical (unpaired) electrons. The molecule has 7 heteroatoms. The van der Waals surface area contributed by atoms with Gasteiger partial charge in [-0.15, -0.1) is 0 Å². The Kier molecular flexibility index (Phi) is 3.71. The van der Waals surface area contributed by atoms with Crippen molar-refractivity contribution in [3.8, 4) is 0 Å². The van der Waals surface area contributed by atoms with Crippen molar-refractivity contribution in [1.29, 1.82) is 0 Å². The van der Waals surface area contributed by atoms with Crippen molar-refractivity contribution in [2.45, 2.75) is 19.1 Å². The summed E-state index contributed by atoms with van der Waals surface area (Å²) in [4.78, 5) is 0. The van der Waals surface area contributed by atoms with E-state index in [-0.39, 0.29) is 11.1 Å². The Morgan fingerprint density at radius 2 is 2.05 bits per heavy atom. The largest absolute Gasteiger partial charge is 0.417 e. The second-order valence-electron chi connectivity index (χ2n) is 4.07. The molecule has 0 aliphatic carbocycles. The van der Waals surface area contributed by atoms with Crippen LogP contribution in [0.4, 0.5) is 18.9 Å².